The van der Waals surface area contributed by atoms with Crippen LogP contribution in [0.5, 0.6) is 0 Å². The molecule has 3 nitrogen and oxygen atoms in total. The molecule has 0 aromatic carbocycles. The van der Waals surface area contributed by atoms with Crippen molar-refractivity contribution in [3.63, 3.8) is 0 Å². The fourth-order valence-electron chi connectivity index (χ4n) is 1.60. The molecule has 0 amide bonds. The largest absolute Gasteiger partial charge is 0.347 e. The summed E-state index contributed by atoms with van der Waals surface area (Å²) in [5.74, 6) is 0. The first-order valence-corrected chi connectivity index (χ1v) is 7.34. The van der Waals surface area contributed by atoms with Crippen molar-refractivity contribution in [3.05, 3.63) is 0 Å². The zero-order valence-corrected chi connectivity index (χ0v) is 11.9. The Morgan fingerprint density at radius 3 is 2.56 bits per heavy atom. The van der Waals surface area contributed by atoms with E-state index in [1.165, 1.54) is 25.7 Å². The van der Waals surface area contributed by atoms with Gasteiger partial charge in [-0.3, -0.25) is 0 Å². The summed E-state index contributed by atoms with van der Waals surface area (Å²) >= 11 is 3.38. The molecule has 1 fully saturated rings. The Labute approximate surface area is 107 Å². The molecule has 1 heterocycles. The molecule has 0 radical (unpaired) electrons. The number of unbranched alkanes of at least 4 members (excludes halogenated alkanes) is 4. The molecule has 2 atom stereocenters. The van der Waals surface area contributed by atoms with Gasteiger partial charge in [-0.1, -0.05) is 48.5 Å². The van der Waals surface area contributed by atoms with Crippen LogP contribution in [-0.2, 0) is 14.5 Å². The van der Waals surface area contributed by atoms with E-state index in [0.717, 1.165) is 18.2 Å². The van der Waals surface area contributed by atoms with Crippen LogP contribution in [0.4, 0.5) is 0 Å². The Bertz CT molecular complexity index is 179. The van der Waals surface area contributed by atoms with Crippen molar-refractivity contribution >= 4 is 15.9 Å². The summed E-state index contributed by atoms with van der Waals surface area (Å²) in [7, 11) is 0. The van der Waals surface area contributed by atoms with Gasteiger partial charge in [0.05, 0.1) is 6.61 Å². The van der Waals surface area contributed by atoms with Gasteiger partial charge in [0.1, 0.15) is 5.60 Å². The molecule has 0 aromatic heterocycles. The van der Waals surface area contributed by atoms with Crippen LogP contribution in [0, 0.1) is 0 Å². The summed E-state index contributed by atoms with van der Waals surface area (Å²) in [6.45, 7) is 4.79. The summed E-state index contributed by atoms with van der Waals surface area (Å²) in [5.41, 5.74) is -0.335. The summed E-state index contributed by atoms with van der Waals surface area (Å²) < 4.78 is 5.61. The van der Waals surface area contributed by atoms with E-state index in [4.69, 9.17) is 14.5 Å². The molecule has 1 aliphatic heterocycles. The number of alkyl halides is 1. The zero-order chi connectivity index (χ0) is 11.9. The van der Waals surface area contributed by atoms with Crippen LogP contribution < -0.4 is 0 Å². The van der Waals surface area contributed by atoms with Gasteiger partial charge in [-0.25, -0.2) is 9.78 Å². The van der Waals surface area contributed by atoms with Crippen LogP contribution in [-0.4, -0.2) is 23.8 Å². The van der Waals surface area contributed by atoms with Crippen LogP contribution in [0.2, 0.25) is 0 Å². The Hall–Kier alpha value is 0.360. The topological polar surface area (TPSA) is 27.7 Å². The molecule has 96 valence electrons. The van der Waals surface area contributed by atoms with Crippen molar-refractivity contribution in [3.8, 4) is 0 Å². The number of ether oxygens (including phenoxy) is 1. The Kier molecular flexibility index (Phi) is 6.89. The van der Waals surface area contributed by atoms with Gasteiger partial charge in [0, 0.05) is 11.8 Å². The minimum absolute atomic E-state index is 0.172. The Morgan fingerprint density at radius 2 is 2.00 bits per heavy atom. The molecule has 1 aliphatic rings. The second-order valence-electron chi connectivity index (χ2n) is 4.71. The van der Waals surface area contributed by atoms with Gasteiger partial charge in [0.15, 0.2) is 6.29 Å². The van der Waals surface area contributed by atoms with Gasteiger partial charge in [-0.2, -0.15) is 0 Å². The van der Waals surface area contributed by atoms with E-state index in [-0.39, 0.29) is 11.9 Å². The van der Waals surface area contributed by atoms with Gasteiger partial charge in [-0.15, -0.1) is 0 Å². The van der Waals surface area contributed by atoms with Crippen molar-refractivity contribution in [2.45, 2.75) is 64.3 Å². The fraction of sp³-hybridized carbons (Fsp3) is 1.00. The van der Waals surface area contributed by atoms with E-state index in [1.54, 1.807) is 0 Å². The second-order valence-corrected chi connectivity index (χ2v) is 5.27. The molecule has 0 saturated carbocycles. The predicted octanol–water partition coefficient (Wildman–Crippen LogP) is 3.81. The summed E-state index contributed by atoms with van der Waals surface area (Å²) in [6.07, 6.45) is 7.08. The average molecular weight is 295 g/mol. The van der Waals surface area contributed by atoms with Gasteiger partial charge in [-0.05, 0) is 13.3 Å². The van der Waals surface area contributed by atoms with Crippen molar-refractivity contribution in [2.24, 2.45) is 0 Å². The standard InChI is InChI=1S/C12H23BrO3/c1-3-4-5-6-7-8-11-14-10-12(2,9-13)16-15-11/h11H,3-10H2,1-2H3. The monoisotopic (exact) mass is 294 g/mol. The van der Waals surface area contributed by atoms with E-state index in [9.17, 15) is 0 Å². The van der Waals surface area contributed by atoms with Crippen LogP contribution in [0.3, 0.4) is 0 Å². The predicted molar refractivity (Wildman–Crippen MR) is 67.5 cm³/mol. The summed E-state index contributed by atoms with van der Waals surface area (Å²) in [6, 6.07) is 0. The van der Waals surface area contributed by atoms with E-state index >= 15 is 0 Å². The second kappa shape index (κ2) is 7.64. The fourth-order valence-corrected chi connectivity index (χ4v) is 1.85. The molecule has 2 unspecified atom stereocenters. The maximum absolute atomic E-state index is 5.61. The third-order valence-electron chi connectivity index (χ3n) is 2.76. The third-order valence-corrected chi connectivity index (χ3v) is 3.94. The Balaban J connectivity index is 2.04. The molecule has 16 heavy (non-hydrogen) atoms. The molecule has 0 aliphatic carbocycles. The minimum Gasteiger partial charge on any atom is -0.347 e. The van der Waals surface area contributed by atoms with Gasteiger partial charge < -0.3 is 4.74 Å². The highest BCUT2D eigenvalue weighted by Crippen LogP contribution is 2.24. The molecular formula is C12H23BrO3. The highest BCUT2D eigenvalue weighted by atomic mass is 79.9. The SMILES string of the molecule is CCCCCCCC1OCC(C)(CBr)OO1. The molecule has 1 saturated heterocycles. The van der Waals surface area contributed by atoms with Gasteiger partial charge in [0.25, 0.3) is 0 Å². The Morgan fingerprint density at radius 1 is 1.25 bits per heavy atom. The highest BCUT2D eigenvalue weighted by molar-refractivity contribution is 9.09. The zero-order valence-electron chi connectivity index (χ0n) is 10.3. The highest BCUT2D eigenvalue weighted by Gasteiger charge is 2.33. The van der Waals surface area contributed by atoms with Crippen LogP contribution in [0.1, 0.15) is 52.4 Å². The van der Waals surface area contributed by atoms with Gasteiger partial charge in [0.2, 0.25) is 0 Å². The lowest BCUT2D eigenvalue weighted by atomic mass is 10.1. The first kappa shape index (κ1) is 14.4. The summed E-state index contributed by atoms with van der Waals surface area (Å²) in [4.78, 5) is 10.6. The number of halogens is 1. The average Bonchev–Trinajstić information content (AvgIpc) is 2.31. The van der Waals surface area contributed by atoms with Crippen molar-refractivity contribution < 1.29 is 14.5 Å². The van der Waals surface area contributed by atoms with E-state index in [2.05, 4.69) is 22.9 Å². The van der Waals surface area contributed by atoms with Crippen LogP contribution in [0.15, 0.2) is 0 Å². The van der Waals surface area contributed by atoms with E-state index in [0.29, 0.717) is 6.61 Å². The van der Waals surface area contributed by atoms with Crippen LogP contribution >= 0.6 is 15.9 Å². The normalized spacial score (nSPS) is 30.6. The molecular weight excluding hydrogens is 272 g/mol. The van der Waals surface area contributed by atoms with E-state index in [1.807, 2.05) is 6.92 Å². The minimum atomic E-state index is -0.335. The van der Waals surface area contributed by atoms with Crippen LogP contribution in [0.25, 0.3) is 0 Å². The summed E-state index contributed by atoms with van der Waals surface area (Å²) in [5, 5.41) is 0.725. The maximum Gasteiger partial charge on any atom is 0.191 e. The van der Waals surface area contributed by atoms with Crippen molar-refractivity contribution in [1.29, 1.82) is 0 Å². The lowest BCUT2D eigenvalue weighted by Crippen LogP contribution is -2.44. The quantitative estimate of drug-likeness (QED) is 0.406. The molecule has 4 heteroatoms. The van der Waals surface area contributed by atoms with E-state index < -0.39 is 0 Å². The number of hydrogen-bond acceptors (Lipinski definition) is 3. The first-order valence-electron chi connectivity index (χ1n) is 6.22. The number of rotatable bonds is 7. The lowest BCUT2D eigenvalue weighted by molar-refractivity contribution is -0.463. The molecule has 0 N–H and O–H groups in total. The van der Waals surface area contributed by atoms with Crippen molar-refractivity contribution in [2.75, 3.05) is 11.9 Å². The lowest BCUT2D eigenvalue weighted by Gasteiger charge is -2.34. The smallest absolute Gasteiger partial charge is 0.191 e. The first-order chi connectivity index (χ1) is 7.70. The molecule has 1 rings (SSSR count). The van der Waals surface area contributed by atoms with Crippen molar-refractivity contribution in [1.82, 2.24) is 0 Å². The van der Waals surface area contributed by atoms with Gasteiger partial charge >= 0.3 is 0 Å². The molecule has 0 spiro atoms. The molecule has 0 aromatic rings. The third kappa shape index (κ3) is 5.13. The molecule has 0 bridgehead atoms. The maximum atomic E-state index is 5.61. The number of hydrogen-bond donors (Lipinski definition) is 0.